The summed E-state index contributed by atoms with van der Waals surface area (Å²) in [4.78, 5) is 35.8. The number of carbonyl (C=O) groups is 3. The summed E-state index contributed by atoms with van der Waals surface area (Å²) in [5.41, 5.74) is 4.41. The van der Waals surface area contributed by atoms with Gasteiger partial charge in [-0.3, -0.25) is 14.4 Å². The monoisotopic (exact) mass is 488 g/mol. The fraction of sp³-hybridized carbons (Fsp3) is 0.273. The minimum atomic E-state index is -0.869. The van der Waals surface area contributed by atoms with Gasteiger partial charge in [-0.1, -0.05) is 35.0 Å². The summed E-state index contributed by atoms with van der Waals surface area (Å²) < 4.78 is 6.37. The lowest BCUT2D eigenvalue weighted by Gasteiger charge is -2.11. The third-order valence-corrected chi connectivity index (χ3v) is 4.69. The van der Waals surface area contributed by atoms with Crippen LogP contribution in [0.15, 0.2) is 52.0 Å². The number of halogens is 1. The summed E-state index contributed by atoms with van der Waals surface area (Å²) in [5.74, 6) is -1.55. The zero-order chi connectivity index (χ0) is 22.8. The fourth-order valence-electron chi connectivity index (χ4n) is 2.42. The minimum Gasteiger partial charge on any atom is -0.483 e. The molecule has 0 radical (unpaired) electrons. The summed E-state index contributed by atoms with van der Waals surface area (Å²) in [6.07, 6.45) is 2.05. The predicted molar refractivity (Wildman–Crippen MR) is 123 cm³/mol. The third-order valence-electron chi connectivity index (χ3n) is 4.20. The van der Waals surface area contributed by atoms with Gasteiger partial charge in [0.05, 0.1) is 6.21 Å². The van der Waals surface area contributed by atoms with Gasteiger partial charge >= 0.3 is 11.8 Å². The van der Waals surface area contributed by atoms with Crippen molar-refractivity contribution in [2.75, 3.05) is 11.9 Å². The Kier molecular flexibility index (Phi) is 9.20. The average molecular weight is 489 g/mol. The Hall–Kier alpha value is -3.20. The molecule has 2 aromatic carbocycles. The van der Waals surface area contributed by atoms with Crippen molar-refractivity contribution < 1.29 is 19.1 Å². The van der Waals surface area contributed by atoms with Crippen LogP contribution in [0.25, 0.3) is 0 Å². The van der Waals surface area contributed by atoms with Crippen molar-refractivity contribution >= 4 is 45.6 Å². The Balaban J connectivity index is 1.96. The van der Waals surface area contributed by atoms with Crippen LogP contribution in [0.2, 0.25) is 0 Å². The summed E-state index contributed by atoms with van der Waals surface area (Å²) >= 11 is 3.36. The van der Waals surface area contributed by atoms with Gasteiger partial charge in [-0.05, 0) is 56.2 Å². The van der Waals surface area contributed by atoms with Gasteiger partial charge in [0.15, 0.2) is 6.61 Å². The number of hydrazone groups is 1. The first-order valence-electron chi connectivity index (χ1n) is 9.71. The van der Waals surface area contributed by atoms with Crippen LogP contribution in [0.5, 0.6) is 5.75 Å². The molecule has 0 saturated carbocycles. The van der Waals surface area contributed by atoms with Gasteiger partial charge in [0.25, 0.3) is 5.91 Å². The van der Waals surface area contributed by atoms with Gasteiger partial charge in [0.1, 0.15) is 5.75 Å². The Morgan fingerprint density at radius 1 is 1.16 bits per heavy atom. The standard InChI is InChI=1S/C22H25BrN4O4/c1-4-15(3)25-21(29)22(30)27-24-12-16-11-17(23)8-9-19(16)31-13-20(28)26-18-7-5-6-14(2)10-18/h5-12,15H,4,13H2,1-3H3,(H,25,29)(H,26,28)(H,27,30)/b24-12-/t15-/m0/s1. The van der Waals surface area contributed by atoms with E-state index in [-0.39, 0.29) is 18.6 Å². The molecule has 0 bridgehead atoms. The normalized spacial score (nSPS) is 11.6. The number of hydrogen-bond donors (Lipinski definition) is 3. The minimum absolute atomic E-state index is 0.113. The summed E-state index contributed by atoms with van der Waals surface area (Å²) in [7, 11) is 0. The third kappa shape index (κ3) is 8.21. The summed E-state index contributed by atoms with van der Waals surface area (Å²) in [6.45, 7) is 5.43. The van der Waals surface area contributed by atoms with E-state index in [0.29, 0.717) is 23.4 Å². The number of carbonyl (C=O) groups excluding carboxylic acids is 3. The number of anilines is 1. The highest BCUT2D eigenvalue weighted by Crippen LogP contribution is 2.22. The zero-order valence-corrected chi connectivity index (χ0v) is 19.2. The first kappa shape index (κ1) is 24.1. The van der Waals surface area contributed by atoms with E-state index >= 15 is 0 Å². The number of aryl methyl sites for hydroxylation is 1. The van der Waals surface area contributed by atoms with Crippen molar-refractivity contribution in [3.05, 3.63) is 58.1 Å². The Bertz CT molecular complexity index is 978. The second-order valence-corrected chi connectivity index (χ2v) is 7.79. The number of nitrogens with zero attached hydrogens (tertiary/aromatic N) is 1. The smallest absolute Gasteiger partial charge is 0.329 e. The lowest BCUT2D eigenvalue weighted by atomic mass is 10.2. The van der Waals surface area contributed by atoms with Crippen molar-refractivity contribution in [2.24, 2.45) is 5.10 Å². The van der Waals surface area contributed by atoms with Gasteiger partial charge in [-0.2, -0.15) is 5.10 Å². The van der Waals surface area contributed by atoms with E-state index in [0.717, 1.165) is 10.0 Å². The first-order chi connectivity index (χ1) is 14.8. The van der Waals surface area contributed by atoms with Crippen LogP contribution in [0.3, 0.4) is 0 Å². The van der Waals surface area contributed by atoms with Crippen LogP contribution < -0.4 is 20.8 Å². The van der Waals surface area contributed by atoms with Gasteiger partial charge < -0.3 is 15.4 Å². The van der Waals surface area contributed by atoms with Gasteiger partial charge in [0, 0.05) is 21.8 Å². The fourth-order valence-corrected chi connectivity index (χ4v) is 2.80. The van der Waals surface area contributed by atoms with Crippen molar-refractivity contribution in [1.29, 1.82) is 0 Å². The highest BCUT2D eigenvalue weighted by atomic mass is 79.9. The molecule has 31 heavy (non-hydrogen) atoms. The maximum Gasteiger partial charge on any atom is 0.329 e. The second-order valence-electron chi connectivity index (χ2n) is 6.87. The predicted octanol–water partition coefficient (Wildman–Crippen LogP) is 3.14. The maximum absolute atomic E-state index is 12.2. The molecule has 164 valence electrons. The van der Waals surface area contributed by atoms with E-state index < -0.39 is 11.8 Å². The van der Waals surface area contributed by atoms with Crippen molar-refractivity contribution in [1.82, 2.24) is 10.7 Å². The Morgan fingerprint density at radius 2 is 1.94 bits per heavy atom. The summed E-state index contributed by atoms with van der Waals surface area (Å²) in [5, 5.41) is 9.13. The van der Waals surface area contributed by atoms with Crippen molar-refractivity contribution in [3.8, 4) is 5.75 Å². The van der Waals surface area contributed by atoms with E-state index in [1.807, 2.05) is 32.0 Å². The molecule has 0 unspecified atom stereocenters. The van der Waals surface area contributed by atoms with E-state index in [4.69, 9.17) is 4.74 Å². The molecule has 2 rings (SSSR count). The molecule has 3 amide bonds. The molecule has 0 saturated heterocycles. The van der Waals surface area contributed by atoms with E-state index in [9.17, 15) is 14.4 Å². The molecule has 0 aliphatic rings. The lowest BCUT2D eigenvalue weighted by molar-refractivity contribution is -0.139. The SMILES string of the molecule is CC[C@H](C)NC(=O)C(=O)N/N=C\c1cc(Br)ccc1OCC(=O)Nc1cccc(C)c1. The average Bonchev–Trinajstić information content (AvgIpc) is 2.72. The van der Waals surface area contributed by atoms with E-state index in [2.05, 4.69) is 37.1 Å². The molecule has 0 heterocycles. The molecular formula is C22H25BrN4O4. The van der Waals surface area contributed by atoms with Crippen LogP contribution in [0.4, 0.5) is 5.69 Å². The molecule has 9 heteroatoms. The van der Waals surface area contributed by atoms with Crippen LogP contribution >= 0.6 is 15.9 Å². The molecule has 0 spiro atoms. The van der Waals surface area contributed by atoms with Crippen molar-refractivity contribution in [3.63, 3.8) is 0 Å². The number of amides is 3. The highest BCUT2D eigenvalue weighted by molar-refractivity contribution is 9.10. The molecule has 0 aliphatic carbocycles. The van der Waals surface area contributed by atoms with E-state index in [1.54, 1.807) is 31.2 Å². The number of ether oxygens (including phenoxy) is 1. The Morgan fingerprint density at radius 3 is 2.65 bits per heavy atom. The molecule has 1 atom stereocenters. The topological polar surface area (TPSA) is 109 Å². The van der Waals surface area contributed by atoms with Crippen LogP contribution in [0, 0.1) is 6.92 Å². The lowest BCUT2D eigenvalue weighted by Crippen LogP contribution is -2.41. The van der Waals surface area contributed by atoms with Crippen molar-refractivity contribution in [2.45, 2.75) is 33.2 Å². The van der Waals surface area contributed by atoms with Gasteiger partial charge in [-0.25, -0.2) is 5.43 Å². The largest absolute Gasteiger partial charge is 0.483 e. The molecule has 0 fully saturated rings. The number of benzene rings is 2. The van der Waals surface area contributed by atoms with Gasteiger partial charge in [0.2, 0.25) is 0 Å². The van der Waals surface area contributed by atoms with E-state index in [1.165, 1.54) is 6.21 Å². The molecule has 2 aromatic rings. The molecule has 3 N–H and O–H groups in total. The first-order valence-corrected chi connectivity index (χ1v) is 10.5. The maximum atomic E-state index is 12.2. The molecule has 8 nitrogen and oxygen atoms in total. The van der Waals surface area contributed by atoms with Crippen LogP contribution in [0.1, 0.15) is 31.4 Å². The van der Waals surface area contributed by atoms with Crippen LogP contribution in [-0.2, 0) is 14.4 Å². The Labute approximate surface area is 189 Å². The number of rotatable bonds is 8. The van der Waals surface area contributed by atoms with Gasteiger partial charge in [-0.15, -0.1) is 0 Å². The second kappa shape index (κ2) is 11.8. The number of hydrogen-bond acceptors (Lipinski definition) is 5. The number of nitrogens with one attached hydrogen (secondary N) is 3. The summed E-state index contributed by atoms with van der Waals surface area (Å²) in [6, 6.07) is 12.5. The zero-order valence-electron chi connectivity index (χ0n) is 17.6. The quantitative estimate of drug-likeness (QED) is 0.301. The highest BCUT2D eigenvalue weighted by Gasteiger charge is 2.14. The molecular weight excluding hydrogens is 464 g/mol. The molecule has 0 aliphatic heterocycles. The van der Waals surface area contributed by atoms with Crippen LogP contribution in [-0.4, -0.2) is 36.6 Å². The molecule has 0 aromatic heterocycles.